The summed E-state index contributed by atoms with van der Waals surface area (Å²) in [6.07, 6.45) is 7.45. The second-order valence-electron chi connectivity index (χ2n) is 7.16. The molecule has 1 aliphatic heterocycles. The molecule has 0 radical (unpaired) electrons. The van der Waals surface area contributed by atoms with Crippen molar-refractivity contribution >= 4 is 35.0 Å². The molecule has 1 saturated heterocycles. The highest BCUT2D eigenvalue weighted by Gasteiger charge is 2.31. The maximum Gasteiger partial charge on any atom is 0.270 e. The Hall–Kier alpha value is -1.20. The van der Waals surface area contributed by atoms with E-state index in [9.17, 15) is 9.59 Å². The molecule has 5 nitrogen and oxygen atoms in total. The summed E-state index contributed by atoms with van der Waals surface area (Å²) in [6, 6.07) is 1.90. The number of rotatable bonds is 3. The van der Waals surface area contributed by atoms with Crippen LogP contribution in [0.5, 0.6) is 0 Å². The van der Waals surface area contributed by atoms with Gasteiger partial charge in [0.05, 0.1) is 10.9 Å². The van der Waals surface area contributed by atoms with Gasteiger partial charge >= 0.3 is 0 Å². The van der Waals surface area contributed by atoms with Gasteiger partial charge in [-0.3, -0.25) is 9.59 Å². The molecule has 1 aromatic rings. The number of hydrogen-bond acceptors (Lipinski definition) is 2. The van der Waals surface area contributed by atoms with Crippen LogP contribution in [0.4, 0.5) is 0 Å². The van der Waals surface area contributed by atoms with E-state index in [0.29, 0.717) is 35.0 Å². The Kier molecular flexibility index (Phi) is 5.95. The van der Waals surface area contributed by atoms with Gasteiger partial charge in [-0.05, 0) is 31.7 Å². The van der Waals surface area contributed by atoms with E-state index >= 15 is 0 Å². The van der Waals surface area contributed by atoms with Gasteiger partial charge in [-0.15, -0.1) is 0 Å². The molecule has 2 heterocycles. The summed E-state index contributed by atoms with van der Waals surface area (Å²) in [5.74, 6) is -0.162. The van der Waals surface area contributed by atoms with Crippen molar-refractivity contribution in [2.24, 2.45) is 13.0 Å². The second-order valence-corrected chi connectivity index (χ2v) is 7.93. The summed E-state index contributed by atoms with van der Waals surface area (Å²) in [5, 5.41) is 3.91. The predicted octanol–water partition coefficient (Wildman–Crippen LogP) is 3.63. The van der Waals surface area contributed by atoms with Crippen LogP contribution >= 0.6 is 23.2 Å². The number of hydrogen-bond donors (Lipinski definition) is 1. The maximum absolute atomic E-state index is 12.8. The summed E-state index contributed by atoms with van der Waals surface area (Å²) in [4.78, 5) is 27.1. The number of amides is 2. The molecule has 1 N–H and O–H groups in total. The number of carbonyl (C=O) groups excluding carboxylic acids is 2. The Labute approximate surface area is 158 Å². The first-order valence-corrected chi connectivity index (χ1v) is 9.83. The van der Waals surface area contributed by atoms with E-state index in [-0.39, 0.29) is 17.7 Å². The first-order valence-electron chi connectivity index (χ1n) is 9.07. The minimum atomic E-state index is -0.133. The van der Waals surface area contributed by atoms with Crippen LogP contribution in [0.3, 0.4) is 0 Å². The SMILES string of the molecule is Cn1c(C(=O)N2CCC[C@H](C(=O)NC3CCCCC3)C2)cc(Cl)c1Cl. The smallest absolute Gasteiger partial charge is 0.270 e. The number of nitrogens with one attached hydrogen (secondary N) is 1. The average Bonchev–Trinajstić information content (AvgIpc) is 2.89. The van der Waals surface area contributed by atoms with E-state index in [1.165, 1.54) is 19.3 Å². The number of piperidine rings is 1. The minimum Gasteiger partial charge on any atom is -0.353 e. The van der Waals surface area contributed by atoms with Crippen molar-refractivity contribution in [2.75, 3.05) is 13.1 Å². The molecule has 1 saturated carbocycles. The van der Waals surface area contributed by atoms with Crippen LogP contribution in [0.15, 0.2) is 6.07 Å². The van der Waals surface area contributed by atoms with Crippen LogP contribution in [-0.4, -0.2) is 40.4 Å². The third-order valence-corrected chi connectivity index (χ3v) is 6.21. The van der Waals surface area contributed by atoms with Gasteiger partial charge in [-0.25, -0.2) is 0 Å². The molecule has 1 aliphatic carbocycles. The molecule has 3 rings (SSSR count). The van der Waals surface area contributed by atoms with E-state index in [4.69, 9.17) is 23.2 Å². The zero-order chi connectivity index (χ0) is 18.0. The summed E-state index contributed by atoms with van der Waals surface area (Å²) >= 11 is 12.1. The van der Waals surface area contributed by atoms with Crippen LogP contribution in [0.1, 0.15) is 55.4 Å². The summed E-state index contributed by atoms with van der Waals surface area (Å²) in [6.45, 7) is 1.12. The molecular weight excluding hydrogens is 361 g/mol. The number of halogens is 2. The Morgan fingerprint density at radius 1 is 1.12 bits per heavy atom. The van der Waals surface area contributed by atoms with E-state index in [1.54, 1.807) is 22.6 Å². The zero-order valence-electron chi connectivity index (χ0n) is 14.6. The monoisotopic (exact) mass is 385 g/mol. The highest BCUT2D eigenvalue weighted by Crippen LogP contribution is 2.27. The van der Waals surface area contributed by atoms with Gasteiger partial charge in [0.15, 0.2) is 0 Å². The molecule has 1 aromatic heterocycles. The van der Waals surface area contributed by atoms with E-state index < -0.39 is 0 Å². The van der Waals surface area contributed by atoms with Crippen molar-refractivity contribution in [3.8, 4) is 0 Å². The van der Waals surface area contributed by atoms with Crippen LogP contribution < -0.4 is 5.32 Å². The molecule has 2 fully saturated rings. The molecule has 2 amide bonds. The van der Waals surface area contributed by atoms with Gasteiger partial charge in [0.2, 0.25) is 5.91 Å². The molecule has 25 heavy (non-hydrogen) atoms. The predicted molar refractivity (Wildman–Crippen MR) is 99.1 cm³/mol. The number of carbonyl (C=O) groups is 2. The molecule has 0 bridgehead atoms. The number of aromatic nitrogens is 1. The van der Waals surface area contributed by atoms with Crippen molar-refractivity contribution < 1.29 is 9.59 Å². The lowest BCUT2D eigenvalue weighted by atomic mass is 9.93. The fourth-order valence-electron chi connectivity index (χ4n) is 3.85. The lowest BCUT2D eigenvalue weighted by molar-refractivity contribution is -0.127. The van der Waals surface area contributed by atoms with Crippen molar-refractivity contribution in [3.05, 3.63) is 21.9 Å². The molecule has 138 valence electrons. The van der Waals surface area contributed by atoms with Crippen molar-refractivity contribution in [1.82, 2.24) is 14.8 Å². The fourth-order valence-corrected chi connectivity index (χ4v) is 4.23. The standard InChI is InChI=1S/C18H25Cl2N3O2/c1-22-15(10-14(19)16(22)20)18(25)23-9-5-6-12(11-23)17(24)21-13-7-3-2-4-8-13/h10,12-13H,2-9,11H2,1H3,(H,21,24)/t12-/m0/s1. The second kappa shape index (κ2) is 8.00. The maximum atomic E-state index is 12.8. The molecule has 1 atom stereocenters. The van der Waals surface area contributed by atoms with Crippen LogP contribution in [-0.2, 0) is 11.8 Å². The largest absolute Gasteiger partial charge is 0.353 e. The van der Waals surface area contributed by atoms with Crippen LogP contribution in [0.2, 0.25) is 10.2 Å². The normalized spacial score (nSPS) is 22.0. The first kappa shape index (κ1) is 18.6. The zero-order valence-corrected chi connectivity index (χ0v) is 16.1. The third-order valence-electron chi connectivity index (χ3n) is 5.37. The summed E-state index contributed by atoms with van der Waals surface area (Å²) < 4.78 is 1.60. The lowest BCUT2D eigenvalue weighted by Crippen LogP contribution is -2.48. The van der Waals surface area contributed by atoms with Crippen LogP contribution in [0.25, 0.3) is 0 Å². The molecule has 0 spiro atoms. The molecule has 0 unspecified atom stereocenters. The van der Waals surface area contributed by atoms with Gasteiger partial charge < -0.3 is 14.8 Å². The highest BCUT2D eigenvalue weighted by molar-refractivity contribution is 6.41. The van der Waals surface area contributed by atoms with Crippen molar-refractivity contribution in [2.45, 2.75) is 51.0 Å². The lowest BCUT2D eigenvalue weighted by Gasteiger charge is -2.33. The van der Waals surface area contributed by atoms with Crippen LogP contribution in [0, 0.1) is 5.92 Å². The Bertz CT molecular complexity index is 653. The third kappa shape index (κ3) is 4.14. The molecule has 2 aliphatic rings. The number of nitrogens with zero attached hydrogens (tertiary/aromatic N) is 2. The van der Waals surface area contributed by atoms with Gasteiger partial charge in [0, 0.05) is 26.2 Å². The minimum absolute atomic E-state index is 0.0901. The van der Waals surface area contributed by atoms with Gasteiger partial charge in [0.1, 0.15) is 10.8 Å². The van der Waals surface area contributed by atoms with Crippen molar-refractivity contribution in [1.29, 1.82) is 0 Å². The average molecular weight is 386 g/mol. The number of likely N-dealkylation sites (tertiary alicyclic amines) is 1. The van der Waals surface area contributed by atoms with Crippen molar-refractivity contribution in [3.63, 3.8) is 0 Å². The Balaban J connectivity index is 1.63. The fraction of sp³-hybridized carbons (Fsp3) is 0.667. The molecule has 7 heteroatoms. The Morgan fingerprint density at radius 2 is 1.84 bits per heavy atom. The first-order chi connectivity index (χ1) is 12.0. The van der Waals surface area contributed by atoms with E-state index in [1.807, 2.05) is 0 Å². The highest BCUT2D eigenvalue weighted by atomic mass is 35.5. The van der Waals surface area contributed by atoms with Gasteiger partial charge in [-0.2, -0.15) is 0 Å². The topological polar surface area (TPSA) is 54.3 Å². The van der Waals surface area contributed by atoms with E-state index in [2.05, 4.69) is 5.32 Å². The van der Waals surface area contributed by atoms with Gasteiger partial charge in [-0.1, -0.05) is 42.5 Å². The van der Waals surface area contributed by atoms with E-state index in [0.717, 1.165) is 25.7 Å². The summed E-state index contributed by atoms with van der Waals surface area (Å²) in [7, 11) is 1.72. The van der Waals surface area contributed by atoms with Gasteiger partial charge in [0.25, 0.3) is 5.91 Å². The quantitative estimate of drug-likeness (QED) is 0.863. The summed E-state index contributed by atoms with van der Waals surface area (Å²) in [5.41, 5.74) is 0.461. The molecular formula is C18H25Cl2N3O2. The molecule has 0 aromatic carbocycles. The Morgan fingerprint density at radius 3 is 2.48 bits per heavy atom.